The third kappa shape index (κ3) is 5.75. The second-order valence-electron chi connectivity index (χ2n) is 7.72. The molecule has 0 saturated carbocycles. The predicted molar refractivity (Wildman–Crippen MR) is 107 cm³/mol. The lowest BCUT2D eigenvalue weighted by Gasteiger charge is -2.40. The van der Waals surface area contributed by atoms with Crippen molar-refractivity contribution in [3.63, 3.8) is 0 Å². The van der Waals surface area contributed by atoms with Gasteiger partial charge in [0.05, 0.1) is 36.9 Å². The van der Waals surface area contributed by atoms with E-state index in [9.17, 15) is 26.3 Å². The van der Waals surface area contributed by atoms with Crippen molar-refractivity contribution < 1.29 is 35.8 Å². The topological polar surface area (TPSA) is 63.3 Å². The monoisotopic (exact) mass is 486 g/mol. The third-order valence-electron chi connectivity index (χ3n) is 5.33. The van der Waals surface area contributed by atoms with Gasteiger partial charge in [0.15, 0.2) is 6.29 Å². The molecule has 0 aliphatic carbocycles. The highest BCUT2D eigenvalue weighted by atomic mass is 19.4. The first-order valence-corrected chi connectivity index (χ1v) is 10.3. The maximum absolute atomic E-state index is 13.2. The summed E-state index contributed by atoms with van der Waals surface area (Å²) in [4.78, 5) is 6.12. The van der Waals surface area contributed by atoms with Crippen LogP contribution in [0.1, 0.15) is 34.1 Å². The molecule has 6 nitrogen and oxygen atoms in total. The lowest BCUT2D eigenvalue weighted by molar-refractivity contribution is -0.218. The summed E-state index contributed by atoms with van der Waals surface area (Å²) in [6.45, 7) is 0.613. The zero-order valence-electron chi connectivity index (χ0n) is 17.6. The lowest BCUT2D eigenvalue weighted by Crippen LogP contribution is -2.46. The normalized spacial score (nSPS) is 19.9. The van der Waals surface area contributed by atoms with Crippen molar-refractivity contribution in [1.82, 2.24) is 20.1 Å². The van der Waals surface area contributed by atoms with Crippen LogP contribution >= 0.6 is 0 Å². The molecule has 2 atom stereocenters. The SMILES string of the molecule is FC(F)(F)c1cc(CO[C@H]2OCCN(Cc3ncn[nH]3)[C@H]2c2ccccc2)cc(C(F)(F)F)c1. The van der Waals surface area contributed by atoms with Gasteiger partial charge in [0.1, 0.15) is 12.2 Å². The summed E-state index contributed by atoms with van der Waals surface area (Å²) in [6, 6.07) is 10.1. The second-order valence-corrected chi connectivity index (χ2v) is 7.72. The smallest absolute Gasteiger partial charge is 0.349 e. The van der Waals surface area contributed by atoms with Crippen molar-refractivity contribution in [2.45, 2.75) is 37.8 Å². The van der Waals surface area contributed by atoms with Crippen molar-refractivity contribution in [2.75, 3.05) is 13.2 Å². The largest absolute Gasteiger partial charge is 0.416 e. The fourth-order valence-electron chi connectivity index (χ4n) is 3.80. The Bertz CT molecular complexity index is 1040. The van der Waals surface area contributed by atoms with Crippen molar-refractivity contribution >= 4 is 0 Å². The quantitative estimate of drug-likeness (QED) is 0.499. The van der Waals surface area contributed by atoms with E-state index in [1.807, 2.05) is 35.2 Å². The molecular formula is C22H20F6N4O2. The molecule has 34 heavy (non-hydrogen) atoms. The number of alkyl halides is 6. The van der Waals surface area contributed by atoms with E-state index in [1.165, 1.54) is 6.33 Å². The van der Waals surface area contributed by atoms with E-state index in [0.29, 0.717) is 31.0 Å². The number of nitrogens with one attached hydrogen (secondary N) is 1. The Hall–Kier alpha value is -2.96. The Balaban J connectivity index is 1.59. The van der Waals surface area contributed by atoms with E-state index in [-0.39, 0.29) is 18.2 Å². The van der Waals surface area contributed by atoms with Gasteiger partial charge in [-0.15, -0.1) is 0 Å². The van der Waals surface area contributed by atoms with Gasteiger partial charge in [-0.2, -0.15) is 31.4 Å². The molecule has 4 rings (SSSR count). The molecular weight excluding hydrogens is 466 g/mol. The van der Waals surface area contributed by atoms with Crippen LogP contribution in [0.5, 0.6) is 0 Å². The minimum Gasteiger partial charge on any atom is -0.349 e. The van der Waals surface area contributed by atoms with Gasteiger partial charge in [0.2, 0.25) is 0 Å². The standard InChI is InChI=1S/C22H20F6N4O2/c23-21(24,25)16-8-14(9-17(10-16)22(26,27)28)12-34-20-19(15-4-2-1-3-5-15)32(6-7-33-20)11-18-29-13-30-31-18/h1-5,8-10,13,19-20H,6-7,11-12H2,(H,29,30,31)/t19-,20+/m0/s1. The summed E-state index contributed by atoms with van der Waals surface area (Å²) in [5, 5.41) is 6.60. The number of halogens is 6. The molecule has 2 heterocycles. The summed E-state index contributed by atoms with van der Waals surface area (Å²) in [6.07, 6.45) is -9.44. The Labute approximate surface area is 190 Å². The summed E-state index contributed by atoms with van der Waals surface area (Å²) >= 11 is 0. The Morgan fingerprint density at radius 2 is 1.68 bits per heavy atom. The molecule has 3 aromatic rings. The summed E-state index contributed by atoms with van der Waals surface area (Å²) < 4.78 is 90.7. The number of morpholine rings is 1. The zero-order valence-corrected chi connectivity index (χ0v) is 17.6. The van der Waals surface area contributed by atoms with Gasteiger partial charge < -0.3 is 9.47 Å². The van der Waals surface area contributed by atoms with Gasteiger partial charge in [0.25, 0.3) is 0 Å². The molecule has 12 heteroatoms. The molecule has 0 unspecified atom stereocenters. The number of rotatable bonds is 6. The van der Waals surface area contributed by atoms with Gasteiger partial charge >= 0.3 is 12.4 Å². The molecule has 0 spiro atoms. The van der Waals surface area contributed by atoms with E-state index in [4.69, 9.17) is 9.47 Å². The van der Waals surface area contributed by atoms with Crippen LogP contribution < -0.4 is 0 Å². The van der Waals surface area contributed by atoms with E-state index >= 15 is 0 Å². The van der Waals surface area contributed by atoms with Crippen molar-refractivity contribution in [1.29, 1.82) is 0 Å². The van der Waals surface area contributed by atoms with E-state index in [2.05, 4.69) is 15.2 Å². The number of aromatic nitrogens is 3. The van der Waals surface area contributed by atoms with Gasteiger partial charge in [-0.3, -0.25) is 10.00 Å². The highest BCUT2D eigenvalue weighted by Crippen LogP contribution is 2.37. The first kappa shape index (κ1) is 24.2. The molecule has 2 aromatic carbocycles. The average molecular weight is 486 g/mol. The van der Waals surface area contributed by atoms with Gasteiger partial charge in [-0.05, 0) is 29.3 Å². The first-order valence-electron chi connectivity index (χ1n) is 10.3. The van der Waals surface area contributed by atoms with Crippen LogP contribution in [0, 0.1) is 0 Å². The highest BCUT2D eigenvalue weighted by Gasteiger charge is 2.38. The number of hydrogen-bond acceptors (Lipinski definition) is 5. The number of benzene rings is 2. The van der Waals surface area contributed by atoms with E-state index < -0.39 is 42.4 Å². The molecule has 1 aliphatic heterocycles. The lowest BCUT2D eigenvalue weighted by atomic mass is 10.0. The Kier molecular flexibility index (Phi) is 6.91. The number of hydrogen-bond donors (Lipinski definition) is 1. The van der Waals surface area contributed by atoms with Crippen LogP contribution in [0.3, 0.4) is 0 Å². The Morgan fingerprint density at radius 3 is 2.26 bits per heavy atom. The maximum Gasteiger partial charge on any atom is 0.416 e. The minimum absolute atomic E-state index is 0.0898. The molecule has 1 aromatic heterocycles. The number of nitrogens with zero attached hydrogens (tertiary/aromatic N) is 3. The molecule has 0 bridgehead atoms. The predicted octanol–water partition coefficient (Wildman–Crippen LogP) is 4.96. The van der Waals surface area contributed by atoms with Gasteiger partial charge in [-0.25, -0.2) is 4.98 Å². The van der Waals surface area contributed by atoms with E-state index in [1.54, 1.807) is 0 Å². The van der Waals surface area contributed by atoms with Crippen LogP contribution in [-0.4, -0.2) is 39.5 Å². The van der Waals surface area contributed by atoms with Gasteiger partial charge in [-0.1, -0.05) is 30.3 Å². The molecule has 0 amide bonds. The molecule has 182 valence electrons. The molecule has 1 aliphatic rings. The second kappa shape index (κ2) is 9.72. The minimum atomic E-state index is -4.93. The molecule has 1 saturated heterocycles. The van der Waals surface area contributed by atoms with Crippen LogP contribution in [0.2, 0.25) is 0 Å². The third-order valence-corrected chi connectivity index (χ3v) is 5.33. The maximum atomic E-state index is 13.2. The van der Waals surface area contributed by atoms with Crippen LogP contribution in [0.4, 0.5) is 26.3 Å². The van der Waals surface area contributed by atoms with Crippen molar-refractivity contribution in [3.8, 4) is 0 Å². The number of H-pyrrole nitrogens is 1. The van der Waals surface area contributed by atoms with Crippen LogP contribution in [0.25, 0.3) is 0 Å². The molecule has 0 radical (unpaired) electrons. The van der Waals surface area contributed by atoms with Crippen molar-refractivity contribution in [2.24, 2.45) is 0 Å². The van der Waals surface area contributed by atoms with E-state index in [0.717, 1.165) is 5.56 Å². The van der Waals surface area contributed by atoms with Gasteiger partial charge in [0, 0.05) is 6.54 Å². The number of aromatic amines is 1. The fraction of sp³-hybridized carbons (Fsp3) is 0.364. The zero-order chi connectivity index (χ0) is 24.3. The highest BCUT2D eigenvalue weighted by molar-refractivity contribution is 5.33. The van der Waals surface area contributed by atoms with Crippen LogP contribution in [0.15, 0.2) is 54.9 Å². The average Bonchev–Trinajstić information content (AvgIpc) is 3.30. The molecule has 1 fully saturated rings. The summed E-state index contributed by atoms with van der Waals surface area (Å²) in [5.41, 5.74) is -2.23. The molecule has 1 N–H and O–H groups in total. The van der Waals surface area contributed by atoms with Crippen molar-refractivity contribution in [3.05, 3.63) is 82.9 Å². The first-order chi connectivity index (χ1) is 16.1. The summed E-state index contributed by atoms with van der Waals surface area (Å²) in [7, 11) is 0. The fourth-order valence-corrected chi connectivity index (χ4v) is 3.80. The Morgan fingerprint density at radius 1 is 1.00 bits per heavy atom. The number of ether oxygens (including phenoxy) is 2. The summed E-state index contributed by atoms with van der Waals surface area (Å²) in [5.74, 6) is 0.592. The van der Waals surface area contributed by atoms with Crippen LogP contribution in [-0.2, 0) is 35.0 Å².